The number of aryl methyl sites for hydroxylation is 1. The molecule has 1 aliphatic heterocycles. The molecule has 15 bridgehead atoms. The lowest BCUT2D eigenvalue weighted by atomic mass is 9.32. The van der Waals surface area contributed by atoms with Crippen LogP contribution in [0.1, 0.15) is 206 Å². The Kier molecular flexibility index (Phi) is 14.2. The molecule has 15 aliphatic rings. The normalized spacial score (nSPS) is 45.7. The summed E-state index contributed by atoms with van der Waals surface area (Å²) in [6, 6.07) is 24.9. The molecule has 0 amide bonds. The predicted octanol–water partition coefficient (Wildman–Crippen LogP) is 11.4. The summed E-state index contributed by atoms with van der Waals surface area (Å²) >= 11 is 0. The Morgan fingerprint density at radius 1 is 0.727 bits per heavy atom. The van der Waals surface area contributed by atoms with E-state index in [0.717, 1.165) is 106 Å². The van der Waals surface area contributed by atoms with E-state index in [0.29, 0.717) is 57.3 Å². The fourth-order valence-electron chi connectivity index (χ4n) is 25.8. The molecule has 470 valence electrons. The first-order valence-electron chi connectivity index (χ1n) is 35.5. The molecular formula is C78H99NO9. The molecule has 21 unspecified atom stereocenters. The van der Waals surface area contributed by atoms with Gasteiger partial charge in [0.1, 0.15) is 23.6 Å². The summed E-state index contributed by atoms with van der Waals surface area (Å²) in [4.78, 5) is 29.9. The molecule has 10 nitrogen and oxygen atoms in total. The van der Waals surface area contributed by atoms with Crippen LogP contribution in [0.4, 0.5) is 0 Å². The van der Waals surface area contributed by atoms with Crippen LogP contribution in [0.3, 0.4) is 0 Å². The highest BCUT2D eigenvalue weighted by atomic mass is 16.5. The van der Waals surface area contributed by atoms with Crippen LogP contribution in [-0.2, 0) is 45.6 Å². The van der Waals surface area contributed by atoms with Gasteiger partial charge in [0.15, 0.2) is 0 Å². The molecule has 14 aliphatic carbocycles. The molecule has 10 heteroatoms. The maximum Gasteiger partial charge on any atom is 0.331 e. The molecular weight excluding hydrogens is 1090 g/mol. The maximum absolute atomic E-state index is 15.6. The summed E-state index contributed by atoms with van der Waals surface area (Å²) in [5.74, 6) is 5.23. The van der Waals surface area contributed by atoms with Gasteiger partial charge in [0.25, 0.3) is 0 Å². The number of carbonyl (C=O) groups is 2. The number of rotatable bonds is 5. The van der Waals surface area contributed by atoms with Crippen LogP contribution in [0, 0.1) is 98.6 Å². The Bertz CT molecular complexity index is 3350. The molecule has 0 radical (unpaired) electrons. The number of aliphatic hydroxyl groups excluding tert-OH is 3. The van der Waals surface area contributed by atoms with Crippen molar-refractivity contribution < 1.29 is 45.0 Å². The smallest absolute Gasteiger partial charge is 0.331 e. The lowest BCUT2D eigenvalue weighted by Crippen LogP contribution is -2.86. The quantitative estimate of drug-likeness (QED) is 0.0739. The van der Waals surface area contributed by atoms with Gasteiger partial charge in [0, 0.05) is 57.6 Å². The van der Waals surface area contributed by atoms with E-state index in [2.05, 4.69) is 78.7 Å². The van der Waals surface area contributed by atoms with Gasteiger partial charge in [0.2, 0.25) is 0 Å². The highest BCUT2D eigenvalue weighted by Crippen LogP contribution is 2.80. The Labute approximate surface area is 522 Å². The van der Waals surface area contributed by atoms with Gasteiger partial charge in [0.05, 0.1) is 29.8 Å². The van der Waals surface area contributed by atoms with Crippen molar-refractivity contribution in [3.05, 3.63) is 117 Å². The van der Waals surface area contributed by atoms with Gasteiger partial charge in [-0.3, -0.25) is 0 Å². The van der Waals surface area contributed by atoms with E-state index in [1.165, 1.54) is 54.4 Å². The van der Waals surface area contributed by atoms with Crippen LogP contribution in [0.15, 0.2) is 78.4 Å². The molecule has 10 saturated carbocycles. The van der Waals surface area contributed by atoms with Gasteiger partial charge in [-0.25, -0.2) is 4.79 Å². The largest absolute Gasteiger partial charge is 0.454 e. The first-order chi connectivity index (χ1) is 42.5. The van der Waals surface area contributed by atoms with E-state index in [-0.39, 0.29) is 72.8 Å². The molecule has 3 aromatic carbocycles. The maximum atomic E-state index is 15.6. The van der Waals surface area contributed by atoms with Crippen molar-refractivity contribution in [2.75, 3.05) is 7.05 Å². The first kappa shape index (κ1) is 58.9. The van der Waals surface area contributed by atoms with Gasteiger partial charge in [-0.1, -0.05) is 124 Å². The highest BCUT2D eigenvalue weighted by Gasteiger charge is 2.87. The number of aldehydes is 1. The molecule has 10 fully saturated rings. The van der Waals surface area contributed by atoms with Crippen LogP contribution in [-0.4, -0.2) is 91.1 Å². The zero-order chi connectivity index (χ0) is 60.4. The Hall–Kier alpha value is -4.18. The molecule has 4 spiro atoms. The molecule has 21 atom stereocenters. The number of esters is 1. The van der Waals surface area contributed by atoms with Gasteiger partial charge in [-0.2, -0.15) is 0 Å². The fourth-order valence-corrected chi connectivity index (χ4v) is 25.8. The summed E-state index contributed by atoms with van der Waals surface area (Å²) in [6.07, 6.45) is 21.7. The van der Waals surface area contributed by atoms with E-state index in [1.54, 1.807) is 6.08 Å². The topological polar surface area (TPSA) is 177 Å². The third kappa shape index (κ3) is 8.17. The standard InChI is InChI=1S/C78H99NO9/c1-47(52-13-4-5-14-52)54-21-22-62-69(83)72-31-24-49(41-72)20-19-48-11-8-17-57(34-48)73(27-6-3-7-28-73)58-18-9-12-50(35-58)33-51-23-29-71(40-51)30-25-53-15-10-16-55(43-80)59(53)38-64(79-2)60-36-56-42-76(85)74(44-71,67(56)61-39-66(82)88-68(60)61)32-26-65-75(45-72,46-81)77(62,86)63(37-54)70(84)78(65,76)87/h8-12,15-18,34-35,39,46-47,49,51-52,54,56,60,62-65,67-70,79-80,83-87H,3-7,13-14,19-24,26-29,31-33,36-38,40-45H2,1-2H3. The predicted molar refractivity (Wildman–Crippen MR) is 337 cm³/mol. The minimum absolute atomic E-state index is 0.0621. The van der Waals surface area contributed by atoms with Gasteiger partial charge in [-0.15, -0.1) is 0 Å². The Morgan fingerprint density at radius 2 is 1.49 bits per heavy atom. The lowest BCUT2D eigenvalue weighted by Gasteiger charge is -2.75. The number of fused-ring (bicyclic) bond motifs is 3. The van der Waals surface area contributed by atoms with E-state index < -0.39 is 86.4 Å². The first-order valence-corrected chi connectivity index (χ1v) is 35.5. The molecule has 0 aromatic heterocycles. The van der Waals surface area contributed by atoms with Crippen LogP contribution >= 0.6 is 0 Å². The van der Waals surface area contributed by atoms with Crippen LogP contribution < -0.4 is 5.32 Å². The molecule has 18 rings (SSSR count). The average molecular weight is 1190 g/mol. The number of nitrogens with one attached hydrogen (secondary N) is 1. The van der Waals surface area contributed by atoms with Crippen molar-refractivity contribution in [3.63, 3.8) is 0 Å². The summed E-state index contributed by atoms with van der Waals surface area (Å²) in [7, 11) is 1.96. The fraction of sp³-hybridized carbons (Fsp3) is 0.692. The second kappa shape index (κ2) is 21.2. The Balaban J connectivity index is 0.925. The minimum atomic E-state index is -2.28. The number of benzene rings is 3. The minimum Gasteiger partial charge on any atom is -0.454 e. The Morgan fingerprint density at radius 3 is 2.26 bits per heavy atom. The summed E-state index contributed by atoms with van der Waals surface area (Å²) < 4.78 is 6.59. The zero-order valence-electron chi connectivity index (χ0n) is 52.6. The van der Waals surface area contributed by atoms with Crippen molar-refractivity contribution in [1.82, 2.24) is 5.32 Å². The van der Waals surface area contributed by atoms with Crippen molar-refractivity contribution in [1.29, 1.82) is 0 Å². The zero-order valence-corrected chi connectivity index (χ0v) is 52.6. The van der Waals surface area contributed by atoms with E-state index in [4.69, 9.17) is 4.74 Å². The second-order valence-electron chi connectivity index (χ2n) is 32.8. The number of aliphatic hydroxyl groups is 6. The van der Waals surface area contributed by atoms with E-state index in [9.17, 15) is 25.2 Å². The summed E-state index contributed by atoms with van der Waals surface area (Å²) in [5, 5.41) is 88.3. The van der Waals surface area contributed by atoms with Gasteiger partial charge in [-0.05, 0) is 234 Å². The lowest BCUT2D eigenvalue weighted by molar-refractivity contribution is -0.385. The molecule has 88 heavy (non-hydrogen) atoms. The van der Waals surface area contributed by atoms with E-state index in [1.807, 2.05) is 19.2 Å². The van der Waals surface area contributed by atoms with Gasteiger partial charge < -0.3 is 45.5 Å². The van der Waals surface area contributed by atoms with Crippen molar-refractivity contribution in [3.8, 4) is 11.8 Å². The molecule has 0 saturated heterocycles. The SMILES string of the molecule is CNC1Cc2c(cccc2CO)C#CC23CCC(Cc4cccc(c4)C4(CCCCC4)c4cccc(c4)CCC4CCC5(C4)CC4(C=O)C6CCC7(C2)C2C8=CC(=O)OC8C1CC2CC7(O)C6(O)C(O)C1CC(C(C)C2CCCC2)CCC(C5O)C14O)C3. The molecule has 3 aromatic rings. The summed E-state index contributed by atoms with van der Waals surface area (Å²) in [6.45, 7) is 2.22. The number of hydrogen-bond acceptors (Lipinski definition) is 10. The van der Waals surface area contributed by atoms with Crippen molar-refractivity contribution in [2.24, 2.45) is 86.8 Å². The van der Waals surface area contributed by atoms with E-state index >= 15 is 15.0 Å². The molecule has 7 N–H and O–H groups in total. The monoisotopic (exact) mass is 1190 g/mol. The van der Waals surface area contributed by atoms with Crippen LogP contribution in [0.2, 0.25) is 0 Å². The van der Waals surface area contributed by atoms with Crippen LogP contribution in [0.25, 0.3) is 0 Å². The van der Waals surface area contributed by atoms with Crippen molar-refractivity contribution >= 4 is 12.3 Å². The van der Waals surface area contributed by atoms with Crippen LogP contribution in [0.5, 0.6) is 0 Å². The molecule has 1 heterocycles. The average Bonchev–Trinajstić information content (AvgIpc) is 1.00. The number of hydrogen-bond donors (Lipinski definition) is 7. The van der Waals surface area contributed by atoms with Crippen molar-refractivity contribution in [2.45, 2.75) is 240 Å². The third-order valence-electron chi connectivity index (χ3n) is 29.5. The summed E-state index contributed by atoms with van der Waals surface area (Å²) in [5.41, 5.74) is -1.40. The third-order valence-corrected chi connectivity index (χ3v) is 29.5. The number of ether oxygens (including phenoxy) is 1. The highest BCUT2D eigenvalue weighted by molar-refractivity contribution is 5.86. The number of likely N-dealkylation sites (N-methyl/N-ethyl adjacent to an activating group) is 1. The van der Waals surface area contributed by atoms with Gasteiger partial charge >= 0.3 is 5.97 Å². The number of carbonyl (C=O) groups excluding carboxylic acids is 2. The second-order valence-corrected chi connectivity index (χ2v) is 32.8.